The summed E-state index contributed by atoms with van der Waals surface area (Å²) in [5.74, 6) is 4.89. The van der Waals surface area contributed by atoms with Crippen LogP contribution in [0.3, 0.4) is 0 Å². The van der Waals surface area contributed by atoms with Crippen LogP contribution in [0.25, 0.3) is 78.3 Å². The molecule has 143 heavy (non-hydrogen) atoms. The molecule has 4 N–H and O–H groups in total. The highest BCUT2D eigenvalue weighted by molar-refractivity contribution is 5.92. The molecule has 36 nitrogen and oxygen atoms in total. The zero-order valence-electron chi connectivity index (χ0n) is 81.9. The molecular formula is C107H112N28O8. The van der Waals surface area contributed by atoms with Crippen molar-refractivity contribution in [1.29, 1.82) is 0 Å². The van der Waals surface area contributed by atoms with Gasteiger partial charge in [-0.25, -0.2) is 57.5 Å². The van der Waals surface area contributed by atoms with E-state index in [1.807, 2.05) is 305 Å². The number of anilines is 8. The molecule has 12 heterocycles. The molecule has 0 saturated heterocycles. The number of fused-ring (bicyclic) bond motifs is 4. The number of aryl methyl sites for hydroxylation is 2. The first-order valence-electron chi connectivity index (χ1n) is 47.3. The van der Waals surface area contributed by atoms with E-state index in [1.165, 1.54) is 32.8 Å². The van der Waals surface area contributed by atoms with E-state index in [-0.39, 0.29) is 62.2 Å². The Kier molecular flexibility index (Phi) is 27.3. The van der Waals surface area contributed by atoms with Crippen molar-refractivity contribution in [1.82, 2.24) is 114 Å². The Balaban J connectivity index is 0.000000126. The van der Waals surface area contributed by atoms with Crippen LogP contribution in [0.1, 0.15) is 83.6 Å². The fraction of sp³-hybridized carbons (Fsp3) is 0.252. The Morgan fingerprint density at radius 1 is 0.350 bits per heavy atom. The third-order valence-electron chi connectivity index (χ3n) is 24.8. The Morgan fingerprint density at radius 3 is 0.972 bits per heavy atom. The Hall–Kier alpha value is -17.6. The van der Waals surface area contributed by atoms with Gasteiger partial charge in [-0.2, -0.15) is 25.5 Å². The van der Waals surface area contributed by atoms with E-state index in [0.717, 1.165) is 106 Å². The van der Waals surface area contributed by atoms with Crippen molar-refractivity contribution >= 4 is 90.2 Å². The number of para-hydroxylation sites is 4. The van der Waals surface area contributed by atoms with Gasteiger partial charge in [0.15, 0.2) is 22.6 Å². The predicted octanol–water partition coefficient (Wildman–Crippen LogP) is 14.7. The van der Waals surface area contributed by atoms with Crippen molar-refractivity contribution in [3.05, 3.63) is 386 Å². The summed E-state index contributed by atoms with van der Waals surface area (Å²) in [5, 5.41) is 38.6. The normalized spacial score (nSPS) is 12.0. The van der Waals surface area contributed by atoms with Crippen LogP contribution in [0.4, 0.5) is 46.0 Å². The standard InChI is InChI=1S/C28H31N7O2.C27H29N7O2.C26H25N7O2.C26H27N7O2/c1-28(2,3)18-34-25-22(26(36)33(5)27(34)37)24(30-21-9-7-6-8-10-21)35(31-25)17-19-11-13-20(14-12-19)23-29-15-16-32(23)4;1-18(2)16-33-25-22(26(35)32(4)27(33)36)24(29-21-8-6-5-7-9-21)34(30-25)17-19-10-12-20(13-11-19)23-28-14-15-31(23)3;1-30-25(34)22-23(28-20-6-3-2-4-7-20)33(29-24(22)31(26(30)35)16-18-8-9-18)17-19-10-12-21(13-11-19)32-15-5-14-27-32;1-18(2)15-32-24-22(25(34)30(3)26(32)35)23(28-20-7-5-4-6-8-20)33(29-24)16-19-9-11-21(12-10-19)31-14-13-27-17-31/h6-16,30H,17-18H2,1-5H3;5-15,18,29H,16-17H2,1-4H3;2-7,10-15,18,28H,8-9,16-17H2,1H3;4-14,17-18,28H,15-16H2,1-3H3. The minimum absolute atomic E-state index is 0.189. The van der Waals surface area contributed by atoms with Crippen LogP contribution in [0, 0.1) is 23.2 Å². The van der Waals surface area contributed by atoms with Crippen LogP contribution in [0.5, 0.6) is 0 Å². The molecule has 0 unspecified atom stereocenters. The number of aromatic nitrogens is 24. The van der Waals surface area contributed by atoms with Gasteiger partial charge >= 0.3 is 22.8 Å². The Labute approximate surface area is 820 Å². The highest BCUT2D eigenvalue weighted by atomic mass is 16.2. The summed E-state index contributed by atoms with van der Waals surface area (Å²) in [6.07, 6.45) is 18.6. The predicted molar refractivity (Wildman–Crippen MR) is 559 cm³/mol. The van der Waals surface area contributed by atoms with E-state index in [2.05, 4.69) is 62.1 Å². The number of hydrogen-bond donors (Lipinski definition) is 4. The van der Waals surface area contributed by atoms with Crippen molar-refractivity contribution in [2.45, 2.75) is 114 Å². The third-order valence-corrected chi connectivity index (χ3v) is 24.8. The molecular weight excluding hydrogens is 1810 g/mol. The number of nitrogens with zero attached hydrogens (tertiary/aromatic N) is 24. The lowest BCUT2D eigenvalue weighted by atomic mass is 9.97. The zero-order chi connectivity index (χ0) is 100. The molecule has 0 atom stereocenters. The zero-order valence-corrected chi connectivity index (χ0v) is 81.9. The fourth-order valence-corrected chi connectivity index (χ4v) is 17.3. The van der Waals surface area contributed by atoms with Gasteiger partial charge in [0.05, 0.1) is 38.2 Å². The lowest BCUT2D eigenvalue weighted by Gasteiger charge is -2.20. The second-order valence-electron chi connectivity index (χ2n) is 38.0. The number of imidazole rings is 3. The molecule has 728 valence electrons. The second kappa shape index (κ2) is 40.8. The first-order valence-corrected chi connectivity index (χ1v) is 47.3. The first-order chi connectivity index (χ1) is 68.9. The van der Waals surface area contributed by atoms with Crippen molar-refractivity contribution in [2.75, 3.05) is 21.3 Å². The van der Waals surface area contributed by atoms with E-state index < -0.39 is 0 Å². The minimum atomic E-state index is -0.375. The van der Waals surface area contributed by atoms with Crippen LogP contribution in [-0.2, 0) is 94.6 Å². The van der Waals surface area contributed by atoms with Crippen LogP contribution >= 0.6 is 0 Å². The van der Waals surface area contributed by atoms with Gasteiger partial charge in [0.1, 0.15) is 56.5 Å². The average Bonchev–Trinajstić information content (AvgIpc) is 1.60. The van der Waals surface area contributed by atoms with Gasteiger partial charge in [0.25, 0.3) is 22.2 Å². The molecule has 0 bridgehead atoms. The maximum atomic E-state index is 13.4. The number of benzene rings is 8. The van der Waals surface area contributed by atoms with Crippen molar-refractivity contribution in [3.63, 3.8) is 0 Å². The molecule has 12 aromatic heterocycles. The summed E-state index contributed by atoms with van der Waals surface area (Å²) in [5.41, 5.74) is 9.83. The summed E-state index contributed by atoms with van der Waals surface area (Å²) in [7, 11) is 10.0. The molecule has 1 aliphatic rings. The van der Waals surface area contributed by atoms with Gasteiger partial charge in [-0.05, 0) is 137 Å². The molecule has 1 saturated carbocycles. The molecule has 36 heteroatoms. The van der Waals surface area contributed by atoms with E-state index in [9.17, 15) is 38.4 Å². The summed E-state index contributed by atoms with van der Waals surface area (Å²) in [6.45, 7) is 17.9. The van der Waals surface area contributed by atoms with Crippen LogP contribution in [0.15, 0.2) is 319 Å². The van der Waals surface area contributed by atoms with Gasteiger partial charge in [-0.3, -0.25) is 55.7 Å². The first kappa shape index (κ1) is 95.7. The number of nitrogens with one attached hydrogen (secondary N) is 4. The van der Waals surface area contributed by atoms with Gasteiger partial charge in [-0.15, -0.1) is 0 Å². The summed E-state index contributed by atoms with van der Waals surface area (Å²) in [4.78, 5) is 118. The Bertz CT molecular complexity index is 8260. The molecule has 20 aromatic rings. The lowest BCUT2D eigenvalue weighted by Crippen LogP contribution is -2.40. The quantitative estimate of drug-likeness (QED) is 0.0371. The molecule has 0 radical (unpaired) electrons. The molecule has 8 aromatic carbocycles. The van der Waals surface area contributed by atoms with Crippen LogP contribution in [0.2, 0.25) is 0 Å². The van der Waals surface area contributed by atoms with Gasteiger partial charge in [0, 0.05) is 158 Å². The largest absolute Gasteiger partial charge is 0.340 e. The van der Waals surface area contributed by atoms with Crippen molar-refractivity contribution in [2.24, 2.45) is 65.5 Å². The van der Waals surface area contributed by atoms with Crippen molar-refractivity contribution < 1.29 is 0 Å². The monoisotopic (exact) mass is 1920 g/mol. The number of hydrogen-bond acceptors (Lipinski definition) is 20. The molecule has 21 rings (SSSR count). The summed E-state index contributed by atoms with van der Waals surface area (Å²) in [6, 6.07) is 72.8. The maximum absolute atomic E-state index is 13.4. The third kappa shape index (κ3) is 20.7. The molecule has 1 aliphatic carbocycles. The fourth-order valence-electron chi connectivity index (χ4n) is 17.3. The highest BCUT2D eigenvalue weighted by Gasteiger charge is 2.31. The van der Waals surface area contributed by atoms with Crippen molar-refractivity contribution in [3.8, 4) is 34.2 Å². The highest BCUT2D eigenvalue weighted by Crippen LogP contribution is 2.35. The molecule has 0 spiro atoms. The van der Waals surface area contributed by atoms with E-state index in [4.69, 9.17) is 20.4 Å². The smallest absolute Gasteiger partial charge is 0.332 e. The maximum Gasteiger partial charge on any atom is 0.332 e. The average molecular weight is 1920 g/mol. The van der Waals surface area contributed by atoms with E-state index in [0.29, 0.717) is 126 Å². The summed E-state index contributed by atoms with van der Waals surface area (Å²) >= 11 is 0. The van der Waals surface area contributed by atoms with E-state index in [1.54, 1.807) is 72.8 Å². The van der Waals surface area contributed by atoms with Crippen LogP contribution < -0.4 is 66.3 Å². The summed E-state index contributed by atoms with van der Waals surface area (Å²) < 4.78 is 25.9. The Morgan fingerprint density at radius 2 is 0.671 bits per heavy atom. The van der Waals surface area contributed by atoms with Gasteiger partial charge in [0.2, 0.25) is 0 Å². The minimum Gasteiger partial charge on any atom is -0.340 e. The number of rotatable bonds is 27. The molecule has 0 aliphatic heterocycles. The second-order valence-corrected chi connectivity index (χ2v) is 38.0. The molecule has 1 fully saturated rings. The SMILES string of the molecule is CC(C)Cn1c(=O)n(C)c(=O)c2c(Nc3ccccc3)n(Cc3ccc(-c4nccn4C)cc3)nc21.CC(C)Cn1c(=O)n(C)c(=O)c2c(Nc3ccccc3)n(Cc3ccc(-n4ccnc4)cc3)nc21.Cn1c(=O)c2c(Nc3ccccc3)n(Cc3ccc(-n4cccn4)cc3)nc2n(CC2CC2)c1=O.Cn1ccnc1-c1ccc(Cn2nc3c(c2Nc2ccccc2)c(=O)n(C)c(=O)n3CC(C)(C)C)cc1. The lowest BCUT2D eigenvalue weighted by molar-refractivity contribution is 0.337. The van der Waals surface area contributed by atoms with E-state index >= 15 is 0 Å². The van der Waals surface area contributed by atoms with Gasteiger partial charge in [-0.1, -0.05) is 194 Å². The molecule has 0 amide bonds. The van der Waals surface area contributed by atoms with Crippen LogP contribution in [-0.4, -0.2) is 114 Å². The topological polar surface area (TPSA) is 367 Å². The van der Waals surface area contributed by atoms with Gasteiger partial charge < -0.3 is 35.0 Å².